The molecule has 1 aliphatic rings. The van der Waals surface area contributed by atoms with E-state index in [0.717, 1.165) is 5.56 Å². The Morgan fingerprint density at radius 1 is 1.06 bits per heavy atom. The van der Waals surface area contributed by atoms with E-state index < -0.39 is 11.6 Å². The Kier molecular flexibility index (Phi) is 6.12. The molecule has 4 rings (SSSR count). The fourth-order valence-electron chi connectivity index (χ4n) is 4.16. The number of para-hydroxylation sites is 2. The molecule has 1 saturated heterocycles. The summed E-state index contributed by atoms with van der Waals surface area (Å²) in [4.78, 5) is 36.7. The molecule has 0 aliphatic carbocycles. The second kappa shape index (κ2) is 9.15. The maximum absolute atomic E-state index is 12.5. The molecule has 0 bridgehead atoms. The summed E-state index contributed by atoms with van der Waals surface area (Å²) in [7, 11) is 0. The molecule has 2 heterocycles. The van der Waals surface area contributed by atoms with Gasteiger partial charge in [-0.25, -0.2) is 14.8 Å². The molecule has 3 aromatic rings. The number of nitrogens with two attached hydrogens (primary N) is 1. The molecule has 170 valence electrons. The van der Waals surface area contributed by atoms with Gasteiger partial charge in [-0.05, 0) is 31.0 Å². The van der Waals surface area contributed by atoms with Crippen LogP contribution < -0.4 is 16.0 Å². The Morgan fingerprint density at radius 2 is 1.73 bits per heavy atom. The number of hydrogen-bond acceptors (Lipinski definition) is 6. The van der Waals surface area contributed by atoms with Crippen LogP contribution in [0.15, 0.2) is 67.0 Å². The van der Waals surface area contributed by atoms with Gasteiger partial charge in [0.25, 0.3) is 5.91 Å². The second-order valence-corrected chi connectivity index (χ2v) is 8.33. The van der Waals surface area contributed by atoms with E-state index in [1.54, 1.807) is 24.3 Å². The van der Waals surface area contributed by atoms with Gasteiger partial charge < -0.3 is 21.1 Å². The Hall–Kier alpha value is -4.14. The topological polar surface area (TPSA) is 125 Å². The van der Waals surface area contributed by atoms with Crippen LogP contribution in [-0.4, -0.2) is 57.1 Å². The van der Waals surface area contributed by atoms with Crippen molar-refractivity contribution in [3.8, 4) is 0 Å². The highest BCUT2D eigenvalue weighted by Crippen LogP contribution is 2.28. The maximum atomic E-state index is 12.5. The minimum absolute atomic E-state index is 0.304. The zero-order chi connectivity index (χ0) is 23.4. The normalized spacial score (nSPS) is 18.1. The van der Waals surface area contributed by atoms with Crippen molar-refractivity contribution < 1.29 is 14.7 Å². The number of amides is 2. The van der Waals surface area contributed by atoms with E-state index in [1.807, 2.05) is 42.2 Å². The highest BCUT2D eigenvalue weighted by Gasteiger charge is 2.41. The van der Waals surface area contributed by atoms with Gasteiger partial charge in [0, 0.05) is 32.0 Å². The first-order valence-electron chi connectivity index (χ1n) is 10.6. The van der Waals surface area contributed by atoms with Crippen LogP contribution >= 0.6 is 0 Å². The summed E-state index contributed by atoms with van der Waals surface area (Å²) in [5.41, 5.74) is 7.58. The van der Waals surface area contributed by atoms with E-state index in [9.17, 15) is 14.7 Å². The van der Waals surface area contributed by atoms with Crippen molar-refractivity contribution in [2.24, 2.45) is 0 Å². The van der Waals surface area contributed by atoms with E-state index >= 15 is 0 Å². The Balaban J connectivity index is 1.50. The summed E-state index contributed by atoms with van der Waals surface area (Å²) in [6.45, 7) is 3.16. The smallest absolute Gasteiger partial charge is 0.407 e. The van der Waals surface area contributed by atoms with Crippen LogP contribution in [0.1, 0.15) is 22.8 Å². The van der Waals surface area contributed by atoms with Crippen LogP contribution in [-0.2, 0) is 6.42 Å². The van der Waals surface area contributed by atoms with Crippen molar-refractivity contribution in [3.63, 3.8) is 0 Å². The van der Waals surface area contributed by atoms with Crippen LogP contribution in [0, 0.1) is 0 Å². The van der Waals surface area contributed by atoms with E-state index in [1.165, 1.54) is 17.3 Å². The molecular formula is C24H26N6O3. The molecule has 0 saturated carbocycles. The van der Waals surface area contributed by atoms with Crippen molar-refractivity contribution in [1.29, 1.82) is 0 Å². The van der Waals surface area contributed by atoms with E-state index in [2.05, 4.69) is 15.3 Å². The average molecular weight is 447 g/mol. The molecule has 1 fully saturated rings. The Bertz CT molecular complexity index is 1140. The lowest BCUT2D eigenvalue weighted by Gasteiger charge is -2.47. The van der Waals surface area contributed by atoms with Crippen molar-refractivity contribution in [2.45, 2.75) is 18.9 Å². The first kappa shape index (κ1) is 22.1. The number of aromatic nitrogens is 2. The quantitative estimate of drug-likeness (QED) is 0.514. The Labute approximate surface area is 191 Å². The number of anilines is 3. The second-order valence-electron chi connectivity index (χ2n) is 8.33. The number of nitrogens with one attached hydrogen (secondary N) is 1. The molecule has 2 aromatic carbocycles. The summed E-state index contributed by atoms with van der Waals surface area (Å²) < 4.78 is 0. The van der Waals surface area contributed by atoms with Crippen LogP contribution in [0.25, 0.3) is 0 Å². The van der Waals surface area contributed by atoms with Crippen LogP contribution in [0.5, 0.6) is 0 Å². The lowest BCUT2D eigenvalue weighted by Crippen LogP contribution is -2.63. The number of hydrogen-bond donors (Lipinski definition) is 3. The number of rotatable bonds is 5. The SMILES string of the molecule is C[C@]1(Cc2ccccc2)CN(c2ncc(C(=O)Nc3ccccc3N)cn2)CCN1C(=O)O. The third-order valence-corrected chi connectivity index (χ3v) is 5.83. The van der Waals surface area contributed by atoms with Gasteiger partial charge in [0.1, 0.15) is 0 Å². The zero-order valence-electron chi connectivity index (χ0n) is 18.3. The van der Waals surface area contributed by atoms with Gasteiger partial charge in [-0.2, -0.15) is 0 Å². The number of nitrogen functional groups attached to an aromatic ring is 1. The molecule has 0 radical (unpaired) electrons. The lowest BCUT2D eigenvalue weighted by atomic mass is 9.88. The fraction of sp³-hybridized carbons (Fsp3) is 0.250. The fourth-order valence-corrected chi connectivity index (χ4v) is 4.16. The van der Waals surface area contributed by atoms with E-state index in [0.29, 0.717) is 48.9 Å². The van der Waals surface area contributed by atoms with Crippen molar-refractivity contribution in [3.05, 3.63) is 78.1 Å². The molecule has 9 heteroatoms. The monoisotopic (exact) mass is 446 g/mol. The van der Waals surface area contributed by atoms with Gasteiger partial charge in [0.2, 0.25) is 5.95 Å². The van der Waals surface area contributed by atoms with Gasteiger partial charge >= 0.3 is 6.09 Å². The minimum atomic E-state index is -0.943. The Morgan fingerprint density at radius 3 is 2.39 bits per heavy atom. The van der Waals surface area contributed by atoms with E-state index in [4.69, 9.17) is 5.73 Å². The number of carbonyl (C=O) groups excluding carboxylic acids is 1. The summed E-state index contributed by atoms with van der Waals surface area (Å²) >= 11 is 0. The minimum Gasteiger partial charge on any atom is -0.465 e. The molecular weight excluding hydrogens is 420 g/mol. The summed E-state index contributed by atoms with van der Waals surface area (Å²) in [5.74, 6) is 0.0964. The number of benzene rings is 2. The number of carbonyl (C=O) groups is 2. The lowest BCUT2D eigenvalue weighted by molar-refractivity contribution is 0.0746. The third kappa shape index (κ3) is 4.87. The molecule has 2 amide bonds. The van der Waals surface area contributed by atoms with Gasteiger partial charge in [-0.1, -0.05) is 42.5 Å². The first-order valence-corrected chi connectivity index (χ1v) is 10.6. The zero-order valence-corrected chi connectivity index (χ0v) is 18.3. The van der Waals surface area contributed by atoms with Crippen molar-refractivity contribution in [1.82, 2.24) is 14.9 Å². The van der Waals surface area contributed by atoms with Crippen molar-refractivity contribution >= 4 is 29.3 Å². The van der Waals surface area contributed by atoms with Crippen molar-refractivity contribution in [2.75, 3.05) is 35.6 Å². The van der Waals surface area contributed by atoms with Crippen LogP contribution in [0.3, 0.4) is 0 Å². The molecule has 4 N–H and O–H groups in total. The highest BCUT2D eigenvalue weighted by atomic mass is 16.4. The molecule has 1 aromatic heterocycles. The standard InChI is InChI=1S/C24H26N6O3/c1-24(13-17-7-3-2-4-8-17)16-29(11-12-30(24)23(32)33)22-26-14-18(15-27-22)21(31)28-20-10-6-5-9-19(20)25/h2-10,14-15H,11-13,16,25H2,1H3,(H,28,31)(H,32,33)/t24-/m0/s1. The largest absolute Gasteiger partial charge is 0.465 e. The highest BCUT2D eigenvalue weighted by molar-refractivity contribution is 6.05. The van der Waals surface area contributed by atoms with Crippen LogP contribution in [0.4, 0.5) is 22.1 Å². The predicted octanol–water partition coefficient (Wildman–Crippen LogP) is 3.11. The first-order chi connectivity index (χ1) is 15.9. The average Bonchev–Trinajstić information content (AvgIpc) is 2.80. The molecule has 33 heavy (non-hydrogen) atoms. The maximum Gasteiger partial charge on any atom is 0.407 e. The van der Waals surface area contributed by atoms with Gasteiger partial charge in [0.05, 0.1) is 22.5 Å². The summed E-state index contributed by atoms with van der Waals surface area (Å²) in [6, 6.07) is 16.8. The predicted molar refractivity (Wildman–Crippen MR) is 126 cm³/mol. The molecule has 9 nitrogen and oxygen atoms in total. The van der Waals surface area contributed by atoms with Gasteiger partial charge in [-0.3, -0.25) is 9.69 Å². The molecule has 1 aliphatic heterocycles. The van der Waals surface area contributed by atoms with Gasteiger partial charge in [0.15, 0.2) is 0 Å². The number of carboxylic acid groups (broad SMARTS) is 1. The summed E-state index contributed by atoms with van der Waals surface area (Å²) in [5, 5.41) is 12.5. The van der Waals surface area contributed by atoms with E-state index in [-0.39, 0.29) is 5.91 Å². The third-order valence-electron chi connectivity index (χ3n) is 5.83. The number of nitrogens with zero attached hydrogens (tertiary/aromatic N) is 4. The van der Waals surface area contributed by atoms with Gasteiger partial charge in [-0.15, -0.1) is 0 Å². The number of piperazine rings is 1. The summed E-state index contributed by atoms with van der Waals surface area (Å²) in [6.07, 6.45) is 2.56. The van der Waals surface area contributed by atoms with Crippen LogP contribution in [0.2, 0.25) is 0 Å². The molecule has 0 spiro atoms. The molecule has 0 unspecified atom stereocenters. The molecule has 1 atom stereocenters.